The molecule has 0 unspecified atom stereocenters. The fourth-order valence-electron chi connectivity index (χ4n) is 1.70. The Kier molecular flexibility index (Phi) is 10.7. The number of hydrogen-bond donors (Lipinski definition) is 0. The van der Waals surface area contributed by atoms with E-state index in [0.29, 0.717) is 0 Å². The zero-order valence-corrected chi connectivity index (χ0v) is 27.0. The molecule has 124 valence electrons. The molecule has 2 rings (SSSR count). The molecule has 0 saturated carbocycles. The van der Waals surface area contributed by atoms with Crippen molar-refractivity contribution >= 4 is 171 Å². The van der Waals surface area contributed by atoms with Gasteiger partial charge in [0.05, 0.1) is 0 Å². The highest BCUT2D eigenvalue weighted by Crippen LogP contribution is 2.45. The standard InChI is InChI=1S/C14H8I6S3/c1-21-7-3-5(15)13(11(19)9(7)17)23-14-6(16)4-8(22-2)10(18)12(14)20/h3-4H,1-2H3. The van der Waals surface area contributed by atoms with Crippen LogP contribution in [0.2, 0.25) is 0 Å². The van der Waals surface area contributed by atoms with Crippen LogP contribution in [-0.4, -0.2) is 12.5 Å². The molecule has 0 spiro atoms. The van der Waals surface area contributed by atoms with E-state index in [-0.39, 0.29) is 0 Å². The van der Waals surface area contributed by atoms with Crippen LogP contribution in [0.3, 0.4) is 0 Å². The Morgan fingerprint density at radius 2 is 0.957 bits per heavy atom. The van der Waals surface area contributed by atoms with Crippen molar-refractivity contribution in [1.29, 1.82) is 0 Å². The third kappa shape index (κ3) is 5.48. The summed E-state index contributed by atoms with van der Waals surface area (Å²) in [6, 6.07) is 4.61. The van der Waals surface area contributed by atoms with E-state index in [9.17, 15) is 0 Å². The quantitative estimate of drug-likeness (QED) is 0.171. The molecule has 0 heterocycles. The van der Waals surface area contributed by atoms with Crippen molar-refractivity contribution in [3.05, 3.63) is 33.6 Å². The van der Waals surface area contributed by atoms with Gasteiger partial charge in [0, 0.05) is 41.0 Å². The van der Waals surface area contributed by atoms with E-state index in [1.807, 2.05) is 35.3 Å². The molecule has 0 aromatic heterocycles. The van der Waals surface area contributed by atoms with Gasteiger partial charge in [0.1, 0.15) is 0 Å². The lowest BCUT2D eigenvalue weighted by Crippen LogP contribution is -1.96. The summed E-state index contributed by atoms with van der Waals surface area (Å²) < 4.78 is 8.10. The smallest absolute Gasteiger partial charge is 0.0425 e. The Bertz CT molecular complexity index is 700. The molecule has 0 nitrogen and oxygen atoms in total. The normalized spacial score (nSPS) is 11.1. The second-order valence-electron chi connectivity index (χ2n) is 4.14. The lowest BCUT2D eigenvalue weighted by Gasteiger charge is -2.16. The maximum absolute atomic E-state index is 2.50. The van der Waals surface area contributed by atoms with Crippen molar-refractivity contribution in [1.82, 2.24) is 0 Å². The lowest BCUT2D eigenvalue weighted by molar-refractivity contribution is 1.19. The molecular weight excluding hydrogens is 1030 g/mol. The third-order valence-electron chi connectivity index (χ3n) is 2.81. The molecule has 0 aliphatic rings. The molecule has 0 amide bonds. The van der Waals surface area contributed by atoms with Gasteiger partial charge in [0.15, 0.2) is 0 Å². The molecule has 23 heavy (non-hydrogen) atoms. The minimum Gasteiger partial charge on any atom is -0.128 e. The fraction of sp³-hybridized carbons (Fsp3) is 0.143. The molecule has 0 fully saturated rings. The average molecular weight is 1030 g/mol. The summed E-state index contributed by atoms with van der Waals surface area (Å²) in [5.41, 5.74) is 0. The summed E-state index contributed by atoms with van der Waals surface area (Å²) >= 11 is 20.4. The number of rotatable bonds is 4. The van der Waals surface area contributed by atoms with Crippen LogP contribution in [0, 0.1) is 21.4 Å². The van der Waals surface area contributed by atoms with Gasteiger partial charge in [0.2, 0.25) is 0 Å². The van der Waals surface area contributed by atoms with Gasteiger partial charge in [-0.15, -0.1) is 23.5 Å². The van der Waals surface area contributed by atoms with Gasteiger partial charge in [-0.3, -0.25) is 0 Å². The summed E-state index contributed by atoms with van der Waals surface area (Å²) in [5, 5.41) is 0. The molecule has 0 radical (unpaired) electrons. The summed E-state index contributed by atoms with van der Waals surface area (Å²) in [7, 11) is 0. The predicted molar refractivity (Wildman–Crippen MR) is 157 cm³/mol. The predicted octanol–water partition coefficient (Wildman–Crippen LogP) is 8.91. The molecule has 0 N–H and O–H groups in total. The zero-order chi connectivity index (χ0) is 17.3. The van der Waals surface area contributed by atoms with Crippen LogP contribution >= 0.6 is 171 Å². The monoisotopic (exact) mass is 1030 g/mol. The third-order valence-corrected chi connectivity index (χ3v) is 16.0. The summed E-state index contributed by atoms with van der Waals surface area (Å²) in [6.07, 6.45) is 4.29. The van der Waals surface area contributed by atoms with Gasteiger partial charge in [0.25, 0.3) is 0 Å². The van der Waals surface area contributed by atoms with Crippen LogP contribution in [-0.2, 0) is 0 Å². The minimum absolute atomic E-state index is 1.33. The average Bonchev–Trinajstić information content (AvgIpc) is 2.53. The molecule has 0 atom stereocenters. The van der Waals surface area contributed by atoms with Crippen LogP contribution in [0.1, 0.15) is 0 Å². The first-order chi connectivity index (χ1) is 10.8. The van der Waals surface area contributed by atoms with E-state index >= 15 is 0 Å². The largest absolute Gasteiger partial charge is 0.128 e. The Morgan fingerprint density at radius 3 is 1.26 bits per heavy atom. The Balaban J connectivity index is 2.57. The first kappa shape index (κ1) is 23.2. The van der Waals surface area contributed by atoms with Crippen molar-refractivity contribution in [2.24, 2.45) is 0 Å². The van der Waals surface area contributed by atoms with E-state index < -0.39 is 0 Å². The minimum atomic E-state index is 1.33. The second-order valence-corrected chi connectivity index (χ2v) is 13.5. The van der Waals surface area contributed by atoms with Crippen LogP contribution in [0.4, 0.5) is 0 Å². The Hall–Kier alpha value is 3.87. The maximum Gasteiger partial charge on any atom is 0.0425 e. The van der Waals surface area contributed by atoms with Crippen LogP contribution in [0.25, 0.3) is 0 Å². The number of benzene rings is 2. The highest BCUT2D eigenvalue weighted by molar-refractivity contribution is 14.1. The van der Waals surface area contributed by atoms with Crippen LogP contribution < -0.4 is 0 Å². The first-order valence-electron chi connectivity index (χ1n) is 5.92. The van der Waals surface area contributed by atoms with Crippen molar-refractivity contribution in [2.75, 3.05) is 12.5 Å². The molecule has 9 heteroatoms. The number of halogens is 6. The molecule has 0 aliphatic carbocycles. The number of thioether (sulfide) groups is 2. The van der Waals surface area contributed by atoms with Gasteiger partial charge in [-0.1, -0.05) is 11.8 Å². The molecular formula is C14H8I6S3. The van der Waals surface area contributed by atoms with E-state index in [4.69, 9.17) is 0 Å². The molecule has 2 aromatic carbocycles. The van der Waals surface area contributed by atoms with Gasteiger partial charge >= 0.3 is 0 Å². The van der Waals surface area contributed by atoms with E-state index in [2.05, 4.69) is 160 Å². The summed E-state index contributed by atoms with van der Waals surface area (Å²) in [6.45, 7) is 0. The SMILES string of the molecule is CSc1cc(I)c(Sc2c(I)cc(SC)c(I)c2I)c(I)c1I. The molecule has 0 bridgehead atoms. The van der Waals surface area contributed by atoms with E-state index in [1.165, 1.54) is 41.0 Å². The topological polar surface area (TPSA) is 0 Å². The zero-order valence-electron chi connectivity index (χ0n) is 11.6. The lowest BCUT2D eigenvalue weighted by atomic mass is 10.4. The first-order valence-corrected chi connectivity index (χ1v) is 15.7. The van der Waals surface area contributed by atoms with Gasteiger partial charge in [-0.25, -0.2) is 0 Å². The summed E-state index contributed by atoms with van der Waals surface area (Å²) in [5.74, 6) is 0. The Labute approximate surface area is 231 Å². The van der Waals surface area contributed by atoms with E-state index in [1.54, 1.807) is 0 Å². The molecule has 0 saturated heterocycles. The molecule has 2 aromatic rings. The van der Waals surface area contributed by atoms with Gasteiger partial charge < -0.3 is 0 Å². The van der Waals surface area contributed by atoms with Crippen molar-refractivity contribution in [2.45, 2.75) is 19.6 Å². The maximum atomic E-state index is 2.50. The van der Waals surface area contributed by atoms with Crippen molar-refractivity contribution in [3.63, 3.8) is 0 Å². The van der Waals surface area contributed by atoms with Crippen LogP contribution in [0.5, 0.6) is 0 Å². The van der Waals surface area contributed by atoms with Crippen molar-refractivity contribution in [3.8, 4) is 0 Å². The highest BCUT2D eigenvalue weighted by Gasteiger charge is 2.19. The van der Waals surface area contributed by atoms with E-state index in [0.717, 1.165) is 0 Å². The fourth-order valence-corrected chi connectivity index (χ4v) is 11.6. The van der Waals surface area contributed by atoms with Gasteiger partial charge in [-0.05, 0) is 160 Å². The molecule has 0 aliphatic heterocycles. The van der Waals surface area contributed by atoms with Crippen LogP contribution in [0.15, 0.2) is 31.7 Å². The Morgan fingerprint density at radius 1 is 0.609 bits per heavy atom. The second kappa shape index (κ2) is 10.6. The van der Waals surface area contributed by atoms with Gasteiger partial charge in [-0.2, -0.15) is 0 Å². The summed E-state index contributed by atoms with van der Waals surface area (Å²) in [4.78, 5) is 5.47. The number of hydrogen-bond acceptors (Lipinski definition) is 3. The van der Waals surface area contributed by atoms with Crippen molar-refractivity contribution < 1.29 is 0 Å². The highest BCUT2D eigenvalue weighted by atomic mass is 127.